The highest BCUT2D eigenvalue weighted by Crippen LogP contribution is 2.29. The minimum atomic E-state index is -0.218. The first-order valence-corrected chi connectivity index (χ1v) is 6.96. The summed E-state index contributed by atoms with van der Waals surface area (Å²) < 4.78 is 18.6. The number of benzene rings is 1. The Bertz CT molecular complexity index is 405. The molecule has 0 bridgehead atoms. The molecule has 2 rings (SSSR count). The number of nitrogens with one attached hydrogen (secondary N) is 1. The summed E-state index contributed by atoms with van der Waals surface area (Å²) in [5.41, 5.74) is 0.830. The molecule has 1 heterocycles. The van der Waals surface area contributed by atoms with Crippen LogP contribution in [0, 0.1) is 11.7 Å². The largest absolute Gasteiger partial charge is 0.495 e. The number of hydrogen-bond acceptors (Lipinski definition) is 3. The maximum atomic E-state index is 13.3. The van der Waals surface area contributed by atoms with Gasteiger partial charge in [0.25, 0.3) is 0 Å². The van der Waals surface area contributed by atoms with Gasteiger partial charge < -0.3 is 15.0 Å². The Morgan fingerprint density at radius 1 is 1.37 bits per heavy atom. The fourth-order valence-electron chi connectivity index (χ4n) is 2.63. The number of anilines is 1. The van der Waals surface area contributed by atoms with E-state index < -0.39 is 0 Å². The van der Waals surface area contributed by atoms with Gasteiger partial charge in [-0.1, -0.05) is 0 Å². The molecule has 1 aliphatic heterocycles. The van der Waals surface area contributed by atoms with Crippen molar-refractivity contribution in [1.82, 2.24) is 5.32 Å². The number of halogens is 1. The van der Waals surface area contributed by atoms with E-state index in [1.165, 1.54) is 18.9 Å². The molecule has 0 aliphatic carbocycles. The average Bonchev–Trinajstić information content (AvgIpc) is 2.46. The van der Waals surface area contributed by atoms with Crippen LogP contribution in [0.3, 0.4) is 0 Å². The smallest absolute Gasteiger partial charge is 0.142 e. The molecule has 0 aromatic heterocycles. The quantitative estimate of drug-likeness (QED) is 0.886. The van der Waals surface area contributed by atoms with Crippen molar-refractivity contribution in [1.29, 1.82) is 0 Å². The zero-order chi connectivity index (χ0) is 13.7. The second-order valence-electron chi connectivity index (χ2n) is 5.22. The number of nitrogens with zero attached hydrogens (tertiary/aromatic N) is 1. The Labute approximate surface area is 114 Å². The Kier molecular flexibility index (Phi) is 5.02. The predicted molar refractivity (Wildman–Crippen MR) is 76.4 cm³/mol. The molecule has 1 aliphatic rings. The van der Waals surface area contributed by atoms with Gasteiger partial charge in [0.15, 0.2) is 0 Å². The van der Waals surface area contributed by atoms with Crippen LogP contribution in [0.1, 0.15) is 19.3 Å². The standard InChI is InChI=1S/C15H23FN2O/c1-18(10-7-12-5-8-17-9-6-12)14-11-13(16)3-4-15(14)19-2/h3-4,11-12,17H,5-10H2,1-2H3. The summed E-state index contributed by atoms with van der Waals surface area (Å²) in [6.45, 7) is 3.18. The van der Waals surface area contributed by atoms with Crippen molar-refractivity contribution in [3.63, 3.8) is 0 Å². The summed E-state index contributed by atoms with van der Waals surface area (Å²) in [4.78, 5) is 2.09. The third-order valence-electron chi connectivity index (χ3n) is 3.88. The molecule has 3 nitrogen and oxygen atoms in total. The molecule has 0 saturated carbocycles. The second kappa shape index (κ2) is 6.75. The minimum absolute atomic E-state index is 0.218. The van der Waals surface area contributed by atoms with Crippen LogP contribution in [-0.2, 0) is 0 Å². The zero-order valence-corrected chi connectivity index (χ0v) is 11.8. The highest BCUT2D eigenvalue weighted by atomic mass is 19.1. The van der Waals surface area contributed by atoms with E-state index in [0.717, 1.165) is 43.4 Å². The minimum Gasteiger partial charge on any atom is -0.495 e. The topological polar surface area (TPSA) is 24.5 Å². The molecular weight excluding hydrogens is 243 g/mol. The lowest BCUT2D eigenvalue weighted by Gasteiger charge is -2.27. The van der Waals surface area contributed by atoms with Crippen molar-refractivity contribution in [2.24, 2.45) is 5.92 Å². The number of ether oxygens (including phenoxy) is 1. The van der Waals surface area contributed by atoms with Crippen molar-refractivity contribution < 1.29 is 9.13 Å². The van der Waals surface area contributed by atoms with E-state index in [-0.39, 0.29) is 5.82 Å². The van der Waals surface area contributed by atoms with Gasteiger partial charge in [0.2, 0.25) is 0 Å². The van der Waals surface area contributed by atoms with Crippen LogP contribution in [0.4, 0.5) is 10.1 Å². The third kappa shape index (κ3) is 3.83. The molecular formula is C15H23FN2O. The maximum absolute atomic E-state index is 13.3. The lowest BCUT2D eigenvalue weighted by Crippen LogP contribution is -2.30. The van der Waals surface area contributed by atoms with Gasteiger partial charge in [0.1, 0.15) is 11.6 Å². The molecule has 0 radical (unpaired) electrons. The monoisotopic (exact) mass is 266 g/mol. The van der Waals surface area contributed by atoms with Crippen LogP contribution in [0.5, 0.6) is 5.75 Å². The van der Waals surface area contributed by atoms with E-state index in [4.69, 9.17) is 4.74 Å². The van der Waals surface area contributed by atoms with Crippen molar-refractivity contribution in [3.05, 3.63) is 24.0 Å². The maximum Gasteiger partial charge on any atom is 0.142 e. The number of piperidine rings is 1. The van der Waals surface area contributed by atoms with E-state index in [2.05, 4.69) is 10.2 Å². The Hall–Kier alpha value is -1.29. The van der Waals surface area contributed by atoms with Gasteiger partial charge in [0, 0.05) is 19.7 Å². The molecule has 19 heavy (non-hydrogen) atoms. The molecule has 1 aromatic rings. The summed E-state index contributed by atoms with van der Waals surface area (Å²) in [7, 11) is 3.62. The Morgan fingerprint density at radius 3 is 2.79 bits per heavy atom. The first-order chi connectivity index (χ1) is 9.20. The summed E-state index contributed by atoms with van der Waals surface area (Å²) in [6.07, 6.45) is 3.64. The van der Waals surface area contributed by atoms with Crippen LogP contribution in [0.25, 0.3) is 0 Å². The molecule has 0 unspecified atom stereocenters. The molecule has 0 amide bonds. The number of hydrogen-bond donors (Lipinski definition) is 1. The van der Waals surface area contributed by atoms with Gasteiger partial charge in [-0.25, -0.2) is 4.39 Å². The highest BCUT2D eigenvalue weighted by molar-refractivity contribution is 5.58. The van der Waals surface area contributed by atoms with Gasteiger partial charge in [0.05, 0.1) is 12.8 Å². The van der Waals surface area contributed by atoms with Crippen LogP contribution < -0.4 is 15.0 Å². The van der Waals surface area contributed by atoms with Crippen molar-refractivity contribution in [2.45, 2.75) is 19.3 Å². The predicted octanol–water partition coefficient (Wildman–Crippen LogP) is 2.66. The molecule has 106 valence electrons. The second-order valence-corrected chi connectivity index (χ2v) is 5.22. The Balaban J connectivity index is 1.94. The summed E-state index contributed by atoms with van der Waals surface area (Å²) >= 11 is 0. The first-order valence-electron chi connectivity index (χ1n) is 6.96. The third-order valence-corrected chi connectivity index (χ3v) is 3.88. The average molecular weight is 266 g/mol. The zero-order valence-electron chi connectivity index (χ0n) is 11.8. The molecule has 1 N–H and O–H groups in total. The fraction of sp³-hybridized carbons (Fsp3) is 0.600. The van der Waals surface area contributed by atoms with E-state index in [1.54, 1.807) is 19.2 Å². The van der Waals surface area contributed by atoms with Gasteiger partial charge in [-0.15, -0.1) is 0 Å². The molecule has 0 spiro atoms. The molecule has 4 heteroatoms. The van der Waals surface area contributed by atoms with E-state index >= 15 is 0 Å². The van der Waals surface area contributed by atoms with Gasteiger partial charge in [-0.05, 0) is 50.4 Å². The van der Waals surface area contributed by atoms with Crippen molar-refractivity contribution in [2.75, 3.05) is 38.7 Å². The summed E-state index contributed by atoms with van der Waals surface area (Å²) in [6, 6.07) is 4.66. The normalized spacial score (nSPS) is 16.4. The highest BCUT2D eigenvalue weighted by Gasteiger charge is 2.15. The van der Waals surface area contributed by atoms with Gasteiger partial charge >= 0.3 is 0 Å². The van der Waals surface area contributed by atoms with Crippen LogP contribution in [0.2, 0.25) is 0 Å². The molecule has 1 saturated heterocycles. The van der Waals surface area contributed by atoms with Crippen LogP contribution in [-0.4, -0.2) is 33.8 Å². The van der Waals surface area contributed by atoms with Gasteiger partial charge in [-0.3, -0.25) is 0 Å². The first kappa shape index (κ1) is 14.1. The number of rotatable bonds is 5. The van der Waals surface area contributed by atoms with Crippen molar-refractivity contribution >= 4 is 5.69 Å². The van der Waals surface area contributed by atoms with E-state index in [9.17, 15) is 4.39 Å². The SMILES string of the molecule is COc1ccc(F)cc1N(C)CCC1CCNCC1. The van der Waals surface area contributed by atoms with Crippen LogP contribution >= 0.6 is 0 Å². The van der Waals surface area contributed by atoms with Crippen LogP contribution in [0.15, 0.2) is 18.2 Å². The fourth-order valence-corrected chi connectivity index (χ4v) is 2.63. The summed E-state index contributed by atoms with van der Waals surface area (Å²) in [5, 5.41) is 3.38. The molecule has 1 aromatic carbocycles. The molecule has 1 fully saturated rings. The lowest BCUT2D eigenvalue weighted by atomic mass is 9.94. The van der Waals surface area contributed by atoms with E-state index in [0.29, 0.717) is 0 Å². The summed E-state index contributed by atoms with van der Waals surface area (Å²) in [5.74, 6) is 1.29. The molecule has 0 atom stereocenters. The number of methoxy groups -OCH3 is 1. The van der Waals surface area contributed by atoms with E-state index in [1.807, 2.05) is 7.05 Å². The van der Waals surface area contributed by atoms with Crippen molar-refractivity contribution in [3.8, 4) is 5.75 Å². The van der Waals surface area contributed by atoms with Gasteiger partial charge in [-0.2, -0.15) is 0 Å². The Morgan fingerprint density at radius 2 is 2.11 bits per heavy atom. The lowest BCUT2D eigenvalue weighted by molar-refractivity contribution is 0.356.